The lowest BCUT2D eigenvalue weighted by molar-refractivity contribution is 0.281. The van der Waals surface area contributed by atoms with Gasteiger partial charge in [0.25, 0.3) is 0 Å². The normalized spacial score (nSPS) is 10.4. The molecule has 0 aliphatic heterocycles. The Morgan fingerprint density at radius 2 is 2.00 bits per heavy atom. The molecule has 0 saturated carbocycles. The van der Waals surface area contributed by atoms with Crippen LogP contribution in [0.4, 0.5) is 0 Å². The first-order valence-corrected chi connectivity index (χ1v) is 6.53. The van der Waals surface area contributed by atoms with E-state index >= 15 is 0 Å². The van der Waals surface area contributed by atoms with Crippen LogP contribution in [0.1, 0.15) is 5.56 Å². The van der Waals surface area contributed by atoms with Crippen molar-refractivity contribution in [1.82, 2.24) is 4.98 Å². The molecule has 0 aliphatic rings. The first-order chi connectivity index (χ1) is 8.60. The van der Waals surface area contributed by atoms with Crippen LogP contribution in [0.3, 0.4) is 0 Å². The molecule has 0 spiro atoms. The summed E-state index contributed by atoms with van der Waals surface area (Å²) < 4.78 is 6.22. The zero-order valence-corrected chi connectivity index (χ0v) is 12.1. The Morgan fingerprint density at radius 1 is 1.22 bits per heavy atom. The molecule has 6 heteroatoms. The second-order valence-corrected chi connectivity index (χ2v) is 5.13. The summed E-state index contributed by atoms with van der Waals surface area (Å²) in [6.07, 6.45) is 1.55. The van der Waals surface area contributed by atoms with Crippen molar-refractivity contribution in [3.8, 4) is 11.6 Å². The number of aliphatic hydroxyl groups excluding tert-OH is 1. The third-order valence-corrected chi connectivity index (χ3v) is 3.66. The van der Waals surface area contributed by atoms with Crippen molar-refractivity contribution in [3.05, 3.63) is 50.5 Å². The molecule has 0 atom stereocenters. The highest BCUT2D eigenvalue weighted by molar-refractivity contribution is 9.10. The second kappa shape index (κ2) is 5.89. The van der Waals surface area contributed by atoms with Gasteiger partial charge in [0, 0.05) is 22.8 Å². The maximum Gasteiger partial charge on any atom is 0.219 e. The summed E-state index contributed by atoms with van der Waals surface area (Å²) in [6, 6.07) is 6.58. The second-order valence-electron chi connectivity index (χ2n) is 3.46. The highest BCUT2D eigenvalue weighted by Crippen LogP contribution is 2.36. The van der Waals surface area contributed by atoms with E-state index in [9.17, 15) is 0 Å². The Bertz CT molecular complexity index is 578. The molecule has 0 unspecified atom stereocenters. The zero-order valence-electron chi connectivity index (χ0n) is 9.03. The van der Waals surface area contributed by atoms with E-state index in [1.807, 2.05) is 0 Å². The number of halogens is 3. The average molecular weight is 349 g/mol. The SMILES string of the molecule is OCc1ccnc(Oc2cc(Cl)c(Br)cc2Cl)c1. The fourth-order valence-electron chi connectivity index (χ4n) is 1.30. The summed E-state index contributed by atoms with van der Waals surface area (Å²) in [4.78, 5) is 4.03. The van der Waals surface area contributed by atoms with E-state index in [1.165, 1.54) is 0 Å². The van der Waals surface area contributed by atoms with E-state index in [4.69, 9.17) is 33.0 Å². The van der Waals surface area contributed by atoms with Gasteiger partial charge < -0.3 is 9.84 Å². The van der Waals surface area contributed by atoms with Crippen LogP contribution >= 0.6 is 39.1 Å². The fraction of sp³-hybridized carbons (Fsp3) is 0.0833. The van der Waals surface area contributed by atoms with Gasteiger partial charge in [-0.15, -0.1) is 0 Å². The highest BCUT2D eigenvalue weighted by atomic mass is 79.9. The Morgan fingerprint density at radius 3 is 2.72 bits per heavy atom. The van der Waals surface area contributed by atoms with Crippen molar-refractivity contribution in [2.24, 2.45) is 0 Å². The molecule has 0 amide bonds. The molecule has 0 saturated heterocycles. The molecule has 1 aromatic heterocycles. The monoisotopic (exact) mass is 347 g/mol. The first kappa shape index (κ1) is 13.6. The van der Waals surface area contributed by atoms with Crippen molar-refractivity contribution in [2.45, 2.75) is 6.61 Å². The Balaban J connectivity index is 2.30. The number of aromatic nitrogens is 1. The molecular weight excluding hydrogens is 341 g/mol. The van der Waals surface area contributed by atoms with Crippen LogP contribution in [0.5, 0.6) is 11.6 Å². The van der Waals surface area contributed by atoms with E-state index in [-0.39, 0.29) is 6.61 Å². The molecule has 0 fully saturated rings. The van der Waals surface area contributed by atoms with Crippen LogP contribution in [-0.2, 0) is 6.61 Å². The van der Waals surface area contributed by atoms with E-state index < -0.39 is 0 Å². The lowest BCUT2D eigenvalue weighted by Gasteiger charge is -2.08. The summed E-state index contributed by atoms with van der Waals surface area (Å²) in [5, 5.41) is 9.94. The molecule has 0 radical (unpaired) electrons. The van der Waals surface area contributed by atoms with Crippen LogP contribution in [-0.4, -0.2) is 10.1 Å². The van der Waals surface area contributed by atoms with E-state index in [0.29, 0.717) is 31.7 Å². The smallest absolute Gasteiger partial charge is 0.219 e. The fourth-order valence-corrected chi connectivity index (χ4v) is 2.13. The number of pyridine rings is 1. The molecule has 0 bridgehead atoms. The minimum Gasteiger partial charge on any atom is -0.437 e. The molecule has 18 heavy (non-hydrogen) atoms. The summed E-state index contributed by atoms with van der Waals surface area (Å²) in [7, 11) is 0. The van der Waals surface area contributed by atoms with E-state index in [0.717, 1.165) is 0 Å². The third kappa shape index (κ3) is 3.14. The Labute approximate surface area is 122 Å². The molecule has 2 rings (SSSR count). The number of benzene rings is 1. The lowest BCUT2D eigenvalue weighted by Crippen LogP contribution is -1.91. The van der Waals surface area contributed by atoms with Gasteiger partial charge in [-0.2, -0.15) is 0 Å². The number of nitrogens with zero attached hydrogens (tertiary/aromatic N) is 1. The molecule has 1 N–H and O–H groups in total. The van der Waals surface area contributed by atoms with Crippen LogP contribution in [0.15, 0.2) is 34.9 Å². The minimum atomic E-state index is -0.0757. The van der Waals surface area contributed by atoms with Gasteiger partial charge in [-0.05, 0) is 33.6 Å². The number of ether oxygens (including phenoxy) is 1. The quantitative estimate of drug-likeness (QED) is 0.834. The highest BCUT2D eigenvalue weighted by Gasteiger charge is 2.08. The molecule has 1 heterocycles. The largest absolute Gasteiger partial charge is 0.437 e. The molecular formula is C12H8BrCl2NO2. The van der Waals surface area contributed by atoms with Gasteiger partial charge >= 0.3 is 0 Å². The van der Waals surface area contributed by atoms with Gasteiger partial charge in [-0.3, -0.25) is 0 Å². The van der Waals surface area contributed by atoms with Gasteiger partial charge in [0.15, 0.2) is 0 Å². The summed E-state index contributed by atoms with van der Waals surface area (Å²) in [6.45, 7) is -0.0757. The number of hydrogen-bond donors (Lipinski definition) is 1. The maximum absolute atomic E-state index is 9.03. The summed E-state index contributed by atoms with van der Waals surface area (Å²) in [5.74, 6) is 0.759. The Kier molecular flexibility index (Phi) is 4.45. The van der Waals surface area contributed by atoms with Crippen LogP contribution in [0.2, 0.25) is 10.0 Å². The topological polar surface area (TPSA) is 42.4 Å². The van der Waals surface area contributed by atoms with Crippen molar-refractivity contribution in [3.63, 3.8) is 0 Å². The third-order valence-electron chi connectivity index (χ3n) is 2.17. The summed E-state index contributed by atoms with van der Waals surface area (Å²) in [5.41, 5.74) is 0.708. The van der Waals surface area contributed by atoms with E-state index in [2.05, 4.69) is 20.9 Å². The lowest BCUT2D eigenvalue weighted by atomic mass is 10.3. The molecule has 2 aromatic rings. The standard InChI is InChI=1S/C12H8BrCl2NO2/c13-8-4-10(15)11(5-9(8)14)18-12-3-7(6-17)1-2-16-12/h1-5,17H,6H2. The number of rotatable bonds is 3. The van der Waals surface area contributed by atoms with Gasteiger partial charge in [-0.25, -0.2) is 4.98 Å². The molecule has 1 aromatic carbocycles. The van der Waals surface area contributed by atoms with Gasteiger partial charge in [-0.1, -0.05) is 23.2 Å². The van der Waals surface area contributed by atoms with Crippen LogP contribution in [0.25, 0.3) is 0 Å². The first-order valence-electron chi connectivity index (χ1n) is 4.98. The van der Waals surface area contributed by atoms with E-state index in [1.54, 1.807) is 30.5 Å². The zero-order chi connectivity index (χ0) is 13.1. The average Bonchev–Trinajstić information content (AvgIpc) is 2.36. The predicted molar refractivity (Wildman–Crippen MR) is 74.4 cm³/mol. The van der Waals surface area contributed by atoms with Gasteiger partial charge in [0.05, 0.1) is 16.7 Å². The van der Waals surface area contributed by atoms with Crippen molar-refractivity contribution in [1.29, 1.82) is 0 Å². The molecule has 0 aliphatic carbocycles. The molecule has 94 valence electrons. The minimum absolute atomic E-state index is 0.0757. The summed E-state index contributed by atoms with van der Waals surface area (Å²) >= 11 is 15.3. The number of hydrogen-bond acceptors (Lipinski definition) is 3. The van der Waals surface area contributed by atoms with Crippen LogP contribution in [0, 0.1) is 0 Å². The van der Waals surface area contributed by atoms with Crippen molar-refractivity contribution in [2.75, 3.05) is 0 Å². The van der Waals surface area contributed by atoms with Crippen molar-refractivity contribution < 1.29 is 9.84 Å². The Hall–Kier alpha value is -0.810. The van der Waals surface area contributed by atoms with Gasteiger partial charge in [0.2, 0.25) is 5.88 Å². The van der Waals surface area contributed by atoms with Crippen LogP contribution < -0.4 is 4.74 Å². The predicted octanol–water partition coefficient (Wildman–Crippen LogP) is 4.44. The maximum atomic E-state index is 9.03. The number of aliphatic hydroxyl groups is 1. The van der Waals surface area contributed by atoms with Crippen molar-refractivity contribution >= 4 is 39.1 Å². The molecule has 3 nitrogen and oxygen atoms in total. The van der Waals surface area contributed by atoms with Gasteiger partial charge in [0.1, 0.15) is 5.75 Å².